The number of rotatable bonds is 0. The quantitative estimate of drug-likeness (QED) is 0.401. The van der Waals surface area contributed by atoms with Crippen molar-refractivity contribution in [2.75, 3.05) is 0 Å². The fourth-order valence-corrected chi connectivity index (χ4v) is 0. The zero-order chi connectivity index (χ0) is 14.3. The Bertz CT molecular complexity index is 48.7. The van der Waals surface area contributed by atoms with Crippen LogP contribution >= 0.6 is 0 Å². The SMILES string of the molecule is C.C.C[C+](C)C.C[C+](C)C.C[C-](C)C.C[C-](C)C.[Cr]. The Hall–Kier alpha value is 0.272. The van der Waals surface area contributed by atoms with Crippen LogP contribution in [0.2, 0.25) is 0 Å². The molecule has 0 aliphatic rings. The van der Waals surface area contributed by atoms with Gasteiger partial charge in [0, 0.05) is 17.4 Å². The van der Waals surface area contributed by atoms with Crippen LogP contribution in [0.25, 0.3) is 0 Å². The molecule has 0 aliphatic heterocycles. The minimum atomic E-state index is 0. The van der Waals surface area contributed by atoms with Crippen molar-refractivity contribution in [3.05, 3.63) is 23.7 Å². The van der Waals surface area contributed by atoms with Crippen LogP contribution in [0.5, 0.6) is 0 Å². The molecule has 0 fully saturated rings. The summed E-state index contributed by atoms with van der Waals surface area (Å²) in [6, 6.07) is 0. The number of hydrogen-bond acceptors (Lipinski definition) is 0. The molecule has 0 unspecified atom stereocenters. The summed E-state index contributed by atoms with van der Waals surface area (Å²) in [5.41, 5.74) is 0. The van der Waals surface area contributed by atoms with Crippen molar-refractivity contribution in [1.82, 2.24) is 0 Å². The normalized spacial score (nSPS) is 6.63. The van der Waals surface area contributed by atoms with E-state index in [9.17, 15) is 0 Å². The van der Waals surface area contributed by atoms with Crippen LogP contribution in [0.1, 0.15) is 97.9 Å². The smallest absolute Gasteiger partial charge is 0.0813 e. The van der Waals surface area contributed by atoms with Gasteiger partial charge in [0.05, 0.1) is 53.4 Å². The van der Waals surface area contributed by atoms with E-state index in [1.54, 1.807) is 0 Å². The molecule has 0 spiro atoms. The second-order valence-electron chi connectivity index (χ2n) is 6.00. The summed E-state index contributed by atoms with van der Waals surface area (Å²) in [5.74, 6) is 5.67. The maximum Gasteiger partial charge on any atom is 0.0813 e. The first-order valence-corrected chi connectivity index (χ1v) is 6.00. The Morgan fingerprint density at radius 2 is 0.474 bits per heavy atom. The summed E-state index contributed by atoms with van der Waals surface area (Å²) in [6.45, 7) is 25.0. The van der Waals surface area contributed by atoms with Crippen molar-refractivity contribution in [2.45, 2.75) is 97.9 Å². The molecule has 19 heavy (non-hydrogen) atoms. The van der Waals surface area contributed by atoms with Gasteiger partial charge in [0.25, 0.3) is 0 Å². The van der Waals surface area contributed by atoms with Gasteiger partial charge < -0.3 is 11.8 Å². The Morgan fingerprint density at radius 3 is 0.474 bits per heavy atom. The summed E-state index contributed by atoms with van der Waals surface area (Å²) < 4.78 is 0. The number of hydrogen-bond donors (Lipinski definition) is 0. The molecule has 0 heterocycles. The predicted octanol–water partition coefficient (Wildman–Crippen LogP) is 7.75. The van der Waals surface area contributed by atoms with Crippen molar-refractivity contribution in [2.24, 2.45) is 0 Å². The molecule has 0 amide bonds. The molecule has 122 valence electrons. The first-order chi connectivity index (χ1) is 6.93. The maximum absolute atomic E-state index is 2.08. The minimum Gasteiger partial charge on any atom is -0.323 e. The van der Waals surface area contributed by atoms with Crippen LogP contribution in [0, 0.1) is 23.7 Å². The van der Waals surface area contributed by atoms with Gasteiger partial charge >= 0.3 is 0 Å². The average molecular weight is 313 g/mol. The molecule has 0 aromatic rings. The molecule has 0 radical (unpaired) electrons. The van der Waals surface area contributed by atoms with Crippen molar-refractivity contribution in [1.29, 1.82) is 0 Å². The van der Waals surface area contributed by atoms with E-state index in [2.05, 4.69) is 83.1 Å². The molecule has 0 aromatic heterocycles. The molecule has 0 aromatic carbocycles. The molecular weight excluding hydrogens is 268 g/mol. The van der Waals surface area contributed by atoms with Crippen molar-refractivity contribution < 1.29 is 17.4 Å². The summed E-state index contributed by atoms with van der Waals surface area (Å²) in [7, 11) is 0. The Labute approximate surface area is 139 Å². The van der Waals surface area contributed by atoms with E-state index in [4.69, 9.17) is 0 Å². The first kappa shape index (κ1) is 42.7. The average Bonchev–Trinajstić information content (AvgIpc) is 1.76. The standard InChI is InChI=1S/4C4H9.2CH4.Cr/c4*1-4(2)3;;;/h4*1-3H3;2*1H4;/q2*-1;2*+1;;;. The van der Waals surface area contributed by atoms with Gasteiger partial charge in [0.15, 0.2) is 0 Å². The fourth-order valence-electron chi connectivity index (χ4n) is 0. The maximum atomic E-state index is 2.08. The van der Waals surface area contributed by atoms with Crippen LogP contribution in [-0.2, 0) is 17.4 Å². The van der Waals surface area contributed by atoms with Gasteiger partial charge in [-0.05, 0) is 0 Å². The van der Waals surface area contributed by atoms with Crippen molar-refractivity contribution in [3.8, 4) is 0 Å². The van der Waals surface area contributed by atoms with Gasteiger partial charge in [0.1, 0.15) is 0 Å². The van der Waals surface area contributed by atoms with Crippen LogP contribution < -0.4 is 0 Å². The Morgan fingerprint density at radius 1 is 0.474 bits per heavy atom. The second-order valence-corrected chi connectivity index (χ2v) is 6.00. The first-order valence-electron chi connectivity index (χ1n) is 6.00. The van der Waals surface area contributed by atoms with Gasteiger partial charge in [-0.25, -0.2) is 0 Å². The van der Waals surface area contributed by atoms with E-state index in [1.807, 2.05) is 0 Å². The molecule has 0 saturated carbocycles. The van der Waals surface area contributed by atoms with Crippen LogP contribution in [0.3, 0.4) is 0 Å². The zero-order valence-electron chi connectivity index (χ0n) is 14.4. The molecule has 0 aliphatic carbocycles. The zero-order valence-corrected chi connectivity index (χ0v) is 15.7. The summed E-state index contributed by atoms with van der Waals surface area (Å²) in [5, 5.41) is 0. The minimum absolute atomic E-state index is 0. The van der Waals surface area contributed by atoms with E-state index in [-0.39, 0.29) is 32.2 Å². The fraction of sp³-hybridized carbons (Fsp3) is 0.778. The molecule has 0 rings (SSSR count). The third-order valence-electron chi connectivity index (χ3n) is 0. The molecule has 0 N–H and O–H groups in total. The largest absolute Gasteiger partial charge is 0.323 e. The summed E-state index contributed by atoms with van der Waals surface area (Å²) in [4.78, 5) is 0. The molecule has 1 heteroatoms. The van der Waals surface area contributed by atoms with Gasteiger partial charge in [-0.15, -0.1) is 0 Å². The molecule has 0 nitrogen and oxygen atoms in total. The molecule has 0 atom stereocenters. The second kappa shape index (κ2) is 36.2. The van der Waals surface area contributed by atoms with Crippen LogP contribution in [-0.4, -0.2) is 0 Å². The van der Waals surface area contributed by atoms with Gasteiger partial charge in [-0.1, -0.05) is 14.9 Å². The molecule has 0 saturated heterocycles. The summed E-state index contributed by atoms with van der Waals surface area (Å²) >= 11 is 0. The Kier molecular flexibility index (Phi) is 81.4. The topological polar surface area (TPSA) is 0 Å². The molecular formula is C18H44Cr. The van der Waals surface area contributed by atoms with Crippen LogP contribution in [0.15, 0.2) is 0 Å². The van der Waals surface area contributed by atoms with Gasteiger partial charge in [0.2, 0.25) is 0 Å². The van der Waals surface area contributed by atoms with E-state index < -0.39 is 0 Å². The van der Waals surface area contributed by atoms with Crippen molar-refractivity contribution in [3.63, 3.8) is 0 Å². The van der Waals surface area contributed by atoms with Crippen molar-refractivity contribution >= 4 is 0 Å². The Balaban J connectivity index is -0.0000000192. The third kappa shape index (κ3) is 65200. The van der Waals surface area contributed by atoms with E-state index in [0.717, 1.165) is 0 Å². The van der Waals surface area contributed by atoms with E-state index >= 15 is 0 Å². The summed E-state index contributed by atoms with van der Waals surface area (Å²) in [6.07, 6.45) is 0. The van der Waals surface area contributed by atoms with Gasteiger partial charge in [-0.3, -0.25) is 0 Å². The van der Waals surface area contributed by atoms with E-state index in [0.29, 0.717) is 0 Å². The molecule has 0 bridgehead atoms. The van der Waals surface area contributed by atoms with Crippen LogP contribution in [0.4, 0.5) is 0 Å². The van der Waals surface area contributed by atoms with Gasteiger partial charge in [-0.2, -0.15) is 41.5 Å². The monoisotopic (exact) mass is 312 g/mol. The third-order valence-corrected chi connectivity index (χ3v) is 0. The van der Waals surface area contributed by atoms with E-state index in [1.165, 1.54) is 23.7 Å². The predicted molar refractivity (Wildman–Crippen MR) is 94.5 cm³/mol.